The Kier molecular flexibility index (Phi) is 21.1. The summed E-state index contributed by atoms with van der Waals surface area (Å²) in [5, 5.41) is 0. The van der Waals surface area contributed by atoms with E-state index in [0.29, 0.717) is 66.8 Å². The van der Waals surface area contributed by atoms with Gasteiger partial charge in [0.25, 0.3) is 0 Å². The van der Waals surface area contributed by atoms with E-state index in [1.807, 2.05) is 41.5 Å². The maximum atomic E-state index is 12.7. The molecule has 0 saturated carbocycles. The van der Waals surface area contributed by atoms with Gasteiger partial charge < -0.3 is 28.4 Å². The summed E-state index contributed by atoms with van der Waals surface area (Å²) < 4.78 is 38.2. The molecule has 0 aromatic heterocycles. The van der Waals surface area contributed by atoms with Crippen molar-refractivity contribution < 1.29 is 74.2 Å². The summed E-state index contributed by atoms with van der Waals surface area (Å²) in [7, 11) is -15.0. The third-order valence-electron chi connectivity index (χ3n) is 12.9. The van der Waals surface area contributed by atoms with Crippen LogP contribution in [0.4, 0.5) is 0 Å². The molecule has 6 aromatic carbocycles. The molecule has 1 radical (unpaired) electrons. The first-order valence-corrected chi connectivity index (χ1v) is 29.0. The fraction of sp³-hybridized carbons (Fsp3) is 0.300. The van der Waals surface area contributed by atoms with Crippen LogP contribution in [0, 0.1) is 125 Å². The van der Waals surface area contributed by atoms with Gasteiger partial charge in [0.05, 0.1) is 0 Å². The predicted molar refractivity (Wildman–Crippen MR) is 293 cm³/mol. The average Bonchev–Trinajstić information content (AvgIpc) is 3.24. The molecule has 0 aliphatic heterocycles. The predicted octanol–water partition coefficient (Wildman–Crippen LogP) is 12.5. The summed E-state index contributed by atoms with van der Waals surface area (Å²) in [5.41, 5.74) is 6.27. The summed E-state index contributed by atoms with van der Waals surface area (Å²) in [6.07, 6.45) is 0. The van der Waals surface area contributed by atoms with Gasteiger partial charge in [0.1, 0.15) is 0 Å². The summed E-state index contributed by atoms with van der Waals surface area (Å²) in [6.45, 7) is 31.4. The van der Waals surface area contributed by atoms with E-state index in [4.69, 9.17) is 0 Å². The minimum atomic E-state index is -4.98. The molecule has 407 valence electrons. The third-order valence-corrected chi connectivity index (χ3v) is 17.5. The molecule has 12 nitrogen and oxygen atoms in total. The zero-order valence-electron chi connectivity index (χ0n) is 46.5. The molecule has 0 atom stereocenters. The standard InChI is InChI=1S/3C20H23O4P.Cu/c3*1-11-7-13(3)17(14(4)8-11)19(21)25(23,24)20(22)18-15(5)9-12(2)10-16(18)6;/h3*7-10H,1-6H3,(H,23,24);/p-3. The normalized spacial score (nSPS) is 11.3. The summed E-state index contributed by atoms with van der Waals surface area (Å²) in [5.74, 6) is 0. The number of hydrogen-bond acceptors (Lipinski definition) is 12. The number of hydrogen-bond donors (Lipinski definition) is 0. The molecule has 0 saturated heterocycles. The van der Waals surface area contributed by atoms with Crippen molar-refractivity contribution in [2.45, 2.75) is 125 Å². The monoisotopic (exact) mass is 1130 g/mol. The van der Waals surface area contributed by atoms with E-state index in [-0.39, 0.29) is 50.4 Å². The minimum Gasteiger partial charge on any atom is -0.788 e. The van der Waals surface area contributed by atoms with Crippen molar-refractivity contribution in [3.63, 3.8) is 0 Å². The molecule has 0 heterocycles. The van der Waals surface area contributed by atoms with Crippen molar-refractivity contribution in [3.8, 4) is 0 Å². The van der Waals surface area contributed by atoms with E-state index < -0.39 is 55.3 Å². The van der Waals surface area contributed by atoms with E-state index in [2.05, 4.69) is 0 Å². The van der Waals surface area contributed by atoms with Crippen LogP contribution in [-0.2, 0) is 30.8 Å². The van der Waals surface area contributed by atoms with Crippen LogP contribution in [0.25, 0.3) is 0 Å². The first-order chi connectivity index (χ1) is 34.4. The molecule has 0 aliphatic rings. The smallest absolute Gasteiger partial charge is 0.215 e. The van der Waals surface area contributed by atoms with Crippen LogP contribution < -0.4 is 14.7 Å². The quantitative estimate of drug-likeness (QED) is 0.0824. The Balaban J connectivity index is 0.000000298. The summed E-state index contributed by atoms with van der Waals surface area (Å²) in [6, 6.07) is 20.9. The number of rotatable bonds is 12. The zero-order valence-corrected chi connectivity index (χ0v) is 50.1. The molecular weight excluding hydrogens is 1070 g/mol. The molecule has 6 aromatic rings. The molecule has 0 unspecified atom stereocenters. The molecule has 0 fully saturated rings. The first kappa shape index (κ1) is 64.7. The van der Waals surface area contributed by atoms with Crippen LogP contribution in [0.15, 0.2) is 72.8 Å². The van der Waals surface area contributed by atoms with Crippen LogP contribution in [0.5, 0.6) is 0 Å². The van der Waals surface area contributed by atoms with Gasteiger partial charge in [-0.1, -0.05) is 106 Å². The topological polar surface area (TPSA) is 223 Å². The van der Waals surface area contributed by atoms with E-state index >= 15 is 0 Å². The van der Waals surface area contributed by atoms with Crippen LogP contribution in [0.2, 0.25) is 0 Å². The molecule has 0 amide bonds. The second-order valence-corrected chi connectivity index (χ2v) is 25.9. The number of carbonyl (C=O) groups is 6. The fourth-order valence-electron chi connectivity index (χ4n) is 10.3. The zero-order chi connectivity index (χ0) is 57.3. The summed E-state index contributed by atoms with van der Waals surface area (Å²) in [4.78, 5) is 115. The molecule has 0 aliphatic carbocycles. The van der Waals surface area contributed by atoms with Crippen LogP contribution >= 0.6 is 22.1 Å². The van der Waals surface area contributed by atoms with Crippen molar-refractivity contribution in [1.82, 2.24) is 0 Å². The Morgan fingerprint density at radius 1 is 0.237 bits per heavy atom. The first-order valence-electron chi connectivity index (χ1n) is 24.1. The Morgan fingerprint density at radius 3 is 0.395 bits per heavy atom. The van der Waals surface area contributed by atoms with Crippen LogP contribution in [0.3, 0.4) is 0 Å². The third kappa shape index (κ3) is 13.7. The molecule has 0 bridgehead atoms. The Morgan fingerprint density at radius 2 is 0.316 bits per heavy atom. The number of benzene rings is 6. The van der Waals surface area contributed by atoms with Gasteiger partial charge in [-0.05, 0) is 191 Å². The van der Waals surface area contributed by atoms with Crippen molar-refractivity contribution in [3.05, 3.63) is 206 Å². The molecule has 0 N–H and O–H groups in total. The van der Waals surface area contributed by atoms with E-state index in [1.54, 1.807) is 156 Å². The molecule has 76 heavy (non-hydrogen) atoms. The average molecular weight is 1140 g/mol. The van der Waals surface area contributed by atoms with Crippen molar-refractivity contribution in [2.24, 2.45) is 0 Å². The largest absolute Gasteiger partial charge is 0.788 e. The van der Waals surface area contributed by atoms with E-state index in [1.165, 1.54) is 0 Å². The Bertz CT molecular complexity index is 2840. The van der Waals surface area contributed by atoms with Crippen molar-refractivity contribution in [1.29, 1.82) is 0 Å². The molecular formula is C60H66CuO12P3-3. The van der Waals surface area contributed by atoms with Gasteiger partial charge in [0.2, 0.25) is 33.1 Å². The van der Waals surface area contributed by atoms with Gasteiger partial charge in [-0.15, -0.1) is 0 Å². The van der Waals surface area contributed by atoms with E-state index in [9.17, 15) is 57.1 Å². The number of aryl methyl sites for hydroxylation is 18. The van der Waals surface area contributed by atoms with Gasteiger partial charge in [-0.25, -0.2) is 0 Å². The van der Waals surface area contributed by atoms with Gasteiger partial charge >= 0.3 is 0 Å². The Labute approximate surface area is 458 Å². The van der Waals surface area contributed by atoms with Gasteiger partial charge in [0, 0.05) is 50.4 Å². The van der Waals surface area contributed by atoms with Crippen LogP contribution in [-0.4, -0.2) is 33.1 Å². The fourth-order valence-corrected chi connectivity index (χ4v) is 14.7. The molecule has 6 rings (SSSR count). The number of carbonyl (C=O) groups excluding carboxylic acids is 6. The second-order valence-electron chi connectivity index (χ2n) is 20.1. The maximum absolute atomic E-state index is 12.7. The van der Waals surface area contributed by atoms with Crippen molar-refractivity contribution >= 4 is 55.3 Å². The summed E-state index contributed by atoms with van der Waals surface area (Å²) >= 11 is 0. The second kappa shape index (κ2) is 24.8. The minimum absolute atomic E-state index is 0. The SMILES string of the molecule is Cc1cc(C)c(C(=O)P(=O)([O-])C(=O)c2c(C)cc(C)cc2C)c(C)c1.Cc1cc(C)c(C(=O)P(=O)([O-])C(=O)c2c(C)cc(C)cc2C)c(C)c1.Cc1cc(C)c(C(=O)P(=O)([O-])C(=O)c2c(C)cc(C)cc2C)c(C)c1.[Cu]. The molecule has 16 heteroatoms. The molecule has 0 spiro atoms. The Hall–Kier alpha value is -5.57. The van der Waals surface area contributed by atoms with Crippen molar-refractivity contribution in [2.75, 3.05) is 0 Å². The van der Waals surface area contributed by atoms with Crippen LogP contribution in [0.1, 0.15) is 162 Å². The van der Waals surface area contributed by atoms with Gasteiger partial charge in [-0.3, -0.25) is 28.8 Å². The van der Waals surface area contributed by atoms with E-state index in [0.717, 1.165) is 33.4 Å². The maximum Gasteiger partial charge on any atom is 0.215 e. The van der Waals surface area contributed by atoms with Gasteiger partial charge in [-0.2, -0.15) is 0 Å². The van der Waals surface area contributed by atoms with Gasteiger partial charge in [0.15, 0.2) is 22.1 Å².